The molecule has 0 spiro atoms. The zero-order valence-corrected chi connectivity index (χ0v) is 35.9. The number of nitrogens with zero attached hydrogens (tertiary/aromatic N) is 2. The highest BCUT2D eigenvalue weighted by Crippen LogP contribution is 2.33. The molecule has 7 aromatic carbocycles. The average molecular weight is 885 g/mol. The van der Waals surface area contributed by atoms with Gasteiger partial charge in [0.1, 0.15) is 0 Å². The molecular formula is C54H49IN2O2. The topological polar surface area (TPSA) is 40.6 Å². The first-order valence-electron chi connectivity index (χ1n) is 20.6. The highest BCUT2D eigenvalue weighted by molar-refractivity contribution is 14.1. The van der Waals surface area contributed by atoms with E-state index in [2.05, 4.69) is 123 Å². The Balaban J connectivity index is 0.000000167. The van der Waals surface area contributed by atoms with Crippen LogP contribution < -0.4 is 0 Å². The SMILES string of the molecule is Cc1cccc(-c2ccccc2)c1C(=O)N(Cc1ccccc1)C1Cc2ccccc2C1.Cc1cccc(I)c1C(=O)N(Cc1ccccc1)C1Cc2ccccc2C1. The number of hydrogen-bond donors (Lipinski definition) is 0. The van der Waals surface area contributed by atoms with Crippen molar-refractivity contribution in [2.75, 3.05) is 0 Å². The lowest BCUT2D eigenvalue weighted by molar-refractivity contribution is 0.0659. The van der Waals surface area contributed by atoms with E-state index in [1.54, 1.807) is 0 Å². The van der Waals surface area contributed by atoms with Crippen LogP contribution in [0.15, 0.2) is 176 Å². The lowest BCUT2D eigenvalue weighted by atomic mass is 9.94. The summed E-state index contributed by atoms with van der Waals surface area (Å²) in [4.78, 5) is 32.1. The molecule has 2 aliphatic carbocycles. The predicted molar refractivity (Wildman–Crippen MR) is 248 cm³/mol. The molecule has 7 aromatic rings. The summed E-state index contributed by atoms with van der Waals surface area (Å²) < 4.78 is 1.02. The van der Waals surface area contributed by atoms with Gasteiger partial charge in [0, 0.05) is 28.7 Å². The molecule has 0 heterocycles. The summed E-state index contributed by atoms with van der Waals surface area (Å²) in [5.41, 5.74) is 13.6. The van der Waals surface area contributed by atoms with Gasteiger partial charge in [0.25, 0.3) is 11.8 Å². The second-order valence-corrected chi connectivity index (χ2v) is 17.0. The lowest BCUT2D eigenvalue weighted by Gasteiger charge is -2.31. The maximum absolute atomic E-state index is 14.2. The van der Waals surface area contributed by atoms with Crippen LogP contribution in [0.2, 0.25) is 0 Å². The van der Waals surface area contributed by atoms with Crippen LogP contribution in [0.25, 0.3) is 11.1 Å². The zero-order valence-electron chi connectivity index (χ0n) is 33.7. The van der Waals surface area contributed by atoms with E-state index in [1.165, 1.54) is 27.8 Å². The zero-order chi connectivity index (χ0) is 40.7. The Morgan fingerprint density at radius 1 is 0.458 bits per heavy atom. The smallest absolute Gasteiger partial charge is 0.255 e. The van der Waals surface area contributed by atoms with Gasteiger partial charge < -0.3 is 9.80 Å². The third-order valence-corrected chi connectivity index (χ3v) is 12.8. The van der Waals surface area contributed by atoms with E-state index in [4.69, 9.17) is 0 Å². The van der Waals surface area contributed by atoms with Gasteiger partial charge in [-0.05, 0) is 124 Å². The van der Waals surface area contributed by atoms with E-state index in [0.29, 0.717) is 13.1 Å². The highest BCUT2D eigenvalue weighted by atomic mass is 127. The number of halogens is 1. The number of rotatable bonds is 9. The van der Waals surface area contributed by atoms with Gasteiger partial charge in [-0.3, -0.25) is 9.59 Å². The van der Waals surface area contributed by atoms with Crippen molar-refractivity contribution >= 4 is 34.4 Å². The van der Waals surface area contributed by atoms with Crippen LogP contribution in [0.5, 0.6) is 0 Å². The van der Waals surface area contributed by atoms with Crippen molar-refractivity contribution in [2.24, 2.45) is 0 Å². The molecule has 294 valence electrons. The molecule has 9 rings (SSSR count). The van der Waals surface area contributed by atoms with E-state index in [1.807, 2.05) is 98.8 Å². The molecule has 0 aliphatic heterocycles. The molecule has 2 aliphatic rings. The van der Waals surface area contributed by atoms with Gasteiger partial charge >= 0.3 is 0 Å². The summed E-state index contributed by atoms with van der Waals surface area (Å²) in [6.45, 7) is 5.33. The van der Waals surface area contributed by atoms with Crippen LogP contribution in [-0.2, 0) is 38.8 Å². The molecule has 4 nitrogen and oxygen atoms in total. The molecule has 5 heteroatoms. The van der Waals surface area contributed by atoms with Crippen LogP contribution in [-0.4, -0.2) is 33.7 Å². The van der Waals surface area contributed by atoms with Crippen molar-refractivity contribution in [2.45, 2.75) is 64.7 Å². The number of hydrogen-bond acceptors (Lipinski definition) is 2. The van der Waals surface area contributed by atoms with Crippen molar-refractivity contribution in [3.05, 3.63) is 235 Å². The minimum Gasteiger partial charge on any atom is -0.331 e. The van der Waals surface area contributed by atoms with E-state index in [9.17, 15) is 9.59 Å². The Kier molecular flexibility index (Phi) is 12.5. The summed E-state index contributed by atoms with van der Waals surface area (Å²) in [5, 5.41) is 0. The van der Waals surface area contributed by atoms with Crippen LogP contribution in [0.1, 0.15) is 65.2 Å². The number of amides is 2. The first-order chi connectivity index (χ1) is 28.8. The molecule has 0 fully saturated rings. The number of carbonyl (C=O) groups excluding carboxylic acids is 2. The summed E-state index contributed by atoms with van der Waals surface area (Å²) in [7, 11) is 0. The largest absolute Gasteiger partial charge is 0.331 e. The number of fused-ring (bicyclic) bond motifs is 2. The third kappa shape index (κ3) is 9.11. The summed E-state index contributed by atoms with van der Waals surface area (Å²) in [6.07, 6.45) is 3.66. The van der Waals surface area contributed by atoms with Gasteiger partial charge in [0.2, 0.25) is 0 Å². The second-order valence-electron chi connectivity index (χ2n) is 15.8. The van der Waals surface area contributed by atoms with Crippen LogP contribution in [0.4, 0.5) is 0 Å². The Morgan fingerprint density at radius 3 is 1.27 bits per heavy atom. The minimum absolute atomic E-state index is 0.114. The van der Waals surface area contributed by atoms with Gasteiger partial charge in [0.15, 0.2) is 0 Å². The fourth-order valence-corrected chi connectivity index (χ4v) is 9.67. The van der Waals surface area contributed by atoms with Crippen molar-refractivity contribution in [1.82, 2.24) is 9.80 Å². The molecule has 0 aromatic heterocycles. The van der Waals surface area contributed by atoms with Crippen molar-refractivity contribution in [3.63, 3.8) is 0 Å². The second kappa shape index (κ2) is 18.4. The first kappa shape index (κ1) is 40.0. The standard InChI is InChI=1S/C30H27NO.C24H22INO/c1-22-11-10-18-28(24-14-6-3-7-15-24)29(22)30(32)31(21-23-12-4-2-5-13-23)27-19-25-16-8-9-17-26(25)20-27;1-17-8-7-13-22(25)23(17)24(27)26(16-18-9-3-2-4-10-18)21-14-19-11-5-6-12-20(19)15-21/h2-18,27H,19-21H2,1H3;2-13,21H,14-16H2,1H3. The van der Waals surface area contributed by atoms with Crippen LogP contribution >= 0.6 is 22.6 Å². The molecule has 0 saturated heterocycles. The molecule has 0 unspecified atom stereocenters. The monoisotopic (exact) mass is 884 g/mol. The Labute approximate surface area is 362 Å². The lowest BCUT2D eigenvalue weighted by Crippen LogP contribution is -2.41. The maximum Gasteiger partial charge on any atom is 0.255 e. The Morgan fingerprint density at radius 2 is 0.831 bits per heavy atom. The third-order valence-electron chi connectivity index (χ3n) is 11.9. The molecule has 0 bridgehead atoms. The van der Waals surface area contributed by atoms with E-state index >= 15 is 0 Å². The average Bonchev–Trinajstić information content (AvgIpc) is 3.90. The number of carbonyl (C=O) groups is 2. The predicted octanol–water partition coefficient (Wildman–Crippen LogP) is 11.9. The summed E-state index contributed by atoms with van der Waals surface area (Å²) in [5.74, 6) is 0.253. The molecule has 0 N–H and O–H groups in total. The summed E-state index contributed by atoms with van der Waals surface area (Å²) >= 11 is 2.28. The van der Waals surface area contributed by atoms with E-state index in [-0.39, 0.29) is 23.9 Å². The van der Waals surface area contributed by atoms with E-state index in [0.717, 1.165) is 68.2 Å². The number of aryl methyl sites for hydroxylation is 2. The van der Waals surface area contributed by atoms with Crippen molar-refractivity contribution in [3.8, 4) is 11.1 Å². The van der Waals surface area contributed by atoms with Crippen molar-refractivity contribution in [1.29, 1.82) is 0 Å². The van der Waals surface area contributed by atoms with Crippen LogP contribution in [0.3, 0.4) is 0 Å². The van der Waals surface area contributed by atoms with E-state index < -0.39 is 0 Å². The highest BCUT2D eigenvalue weighted by Gasteiger charge is 2.33. The quantitative estimate of drug-likeness (QED) is 0.136. The maximum atomic E-state index is 14.2. The summed E-state index contributed by atoms with van der Waals surface area (Å²) in [6, 6.07) is 60.6. The fourth-order valence-electron chi connectivity index (χ4n) is 8.81. The minimum atomic E-state index is 0.114. The van der Waals surface area contributed by atoms with Crippen LogP contribution in [0, 0.1) is 17.4 Å². The van der Waals surface area contributed by atoms with Gasteiger partial charge in [-0.2, -0.15) is 0 Å². The molecule has 59 heavy (non-hydrogen) atoms. The molecule has 0 radical (unpaired) electrons. The number of benzene rings is 7. The molecule has 2 amide bonds. The first-order valence-corrected chi connectivity index (χ1v) is 21.7. The van der Waals surface area contributed by atoms with Gasteiger partial charge in [-0.15, -0.1) is 0 Å². The Hall–Kier alpha value is -5.79. The van der Waals surface area contributed by atoms with Crippen molar-refractivity contribution < 1.29 is 9.59 Å². The Bertz CT molecular complexity index is 2480. The normalized spacial score (nSPS) is 13.2. The van der Waals surface area contributed by atoms with Gasteiger partial charge in [0.05, 0.1) is 11.1 Å². The van der Waals surface area contributed by atoms with Gasteiger partial charge in [-0.1, -0.05) is 170 Å². The molecule has 0 atom stereocenters. The molecular weight excluding hydrogens is 836 g/mol. The fraction of sp³-hybridized carbons (Fsp3) is 0.185. The molecule has 0 saturated carbocycles. The van der Waals surface area contributed by atoms with Gasteiger partial charge in [-0.25, -0.2) is 0 Å².